The third-order valence-corrected chi connectivity index (χ3v) is 4.08. The van der Waals surface area contributed by atoms with E-state index in [2.05, 4.69) is 0 Å². The van der Waals surface area contributed by atoms with Gasteiger partial charge in [0.05, 0.1) is 11.1 Å². The minimum absolute atomic E-state index is 0.308. The quantitative estimate of drug-likeness (QED) is 0.882. The van der Waals surface area contributed by atoms with Gasteiger partial charge in [0, 0.05) is 15.4 Å². The van der Waals surface area contributed by atoms with Gasteiger partial charge in [0.15, 0.2) is 0 Å². The molecule has 0 saturated carbocycles. The van der Waals surface area contributed by atoms with Gasteiger partial charge in [-0.05, 0) is 31.2 Å². The zero-order chi connectivity index (χ0) is 13.1. The van der Waals surface area contributed by atoms with Crippen LogP contribution in [0.5, 0.6) is 0 Å². The van der Waals surface area contributed by atoms with E-state index in [1.54, 1.807) is 25.1 Å². The minimum Gasteiger partial charge on any atom is -0.389 e. The van der Waals surface area contributed by atoms with Gasteiger partial charge in [-0.3, -0.25) is 0 Å². The minimum atomic E-state index is -0.851. The predicted octanol–water partition coefficient (Wildman–Crippen LogP) is 4.68. The molecule has 0 radical (unpaired) electrons. The second-order valence-electron chi connectivity index (χ2n) is 3.86. The van der Waals surface area contributed by atoms with E-state index >= 15 is 0 Å². The molecule has 2 aromatic rings. The van der Waals surface area contributed by atoms with Crippen molar-refractivity contribution in [3.63, 3.8) is 0 Å². The van der Waals surface area contributed by atoms with E-state index < -0.39 is 11.9 Å². The van der Waals surface area contributed by atoms with Gasteiger partial charge in [0.2, 0.25) is 0 Å². The van der Waals surface area contributed by atoms with E-state index in [-0.39, 0.29) is 0 Å². The number of aliphatic hydroxyl groups is 1. The van der Waals surface area contributed by atoms with E-state index in [1.807, 2.05) is 18.2 Å². The lowest BCUT2D eigenvalue weighted by molar-refractivity contribution is 0.191. The molecule has 4 heteroatoms. The van der Waals surface area contributed by atoms with Crippen molar-refractivity contribution in [2.45, 2.75) is 22.8 Å². The molecule has 0 unspecified atom stereocenters. The molecule has 1 N–H and O–H groups in total. The summed E-state index contributed by atoms with van der Waals surface area (Å²) in [6, 6.07) is 12.1. The van der Waals surface area contributed by atoms with Crippen molar-refractivity contribution in [3.05, 3.63) is 58.9 Å². The van der Waals surface area contributed by atoms with Crippen LogP contribution < -0.4 is 0 Å². The Morgan fingerprint density at radius 2 is 1.78 bits per heavy atom. The van der Waals surface area contributed by atoms with Crippen LogP contribution in [-0.2, 0) is 0 Å². The van der Waals surface area contributed by atoms with Crippen molar-refractivity contribution < 1.29 is 9.50 Å². The van der Waals surface area contributed by atoms with Gasteiger partial charge >= 0.3 is 0 Å². The van der Waals surface area contributed by atoms with Crippen LogP contribution in [0, 0.1) is 5.82 Å². The second-order valence-corrected chi connectivity index (χ2v) is 5.35. The second kappa shape index (κ2) is 5.74. The van der Waals surface area contributed by atoms with Crippen LogP contribution in [0.1, 0.15) is 18.6 Å². The lowest BCUT2D eigenvalue weighted by Gasteiger charge is -2.13. The molecule has 1 atom stereocenters. The highest BCUT2D eigenvalue weighted by Crippen LogP contribution is 2.37. The maximum atomic E-state index is 13.7. The number of benzene rings is 2. The maximum Gasteiger partial charge on any atom is 0.130 e. The summed E-state index contributed by atoms with van der Waals surface area (Å²) in [7, 11) is 0. The molecule has 0 aliphatic carbocycles. The fourth-order valence-electron chi connectivity index (χ4n) is 1.66. The Morgan fingerprint density at radius 3 is 2.44 bits per heavy atom. The Morgan fingerprint density at radius 1 is 1.11 bits per heavy atom. The molecule has 2 aromatic carbocycles. The first-order valence-electron chi connectivity index (χ1n) is 5.48. The molecule has 1 nitrogen and oxygen atoms in total. The molecule has 0 aromatic heterocycles. The summed E-state index contributed by atoms with van der Waals surface area (Å²) >= 11 is 7.42. The molecular formula is C14H12ClFOS. The van der Waals surface area contributed by atoms with Gasteiger partial charge in [-0.15, -0.1) is 0 Å². The molecule has 0 aliphatic rings. The van der Waals surface area contributed by atoms with E-state index in [9.17, 15) is 9.50 Å². The number of hydrogen-bond donors (Lipinski definition) is 1. The van der Waals surface area contributed by atoms with Crippen LogP contribution in [0.25, 0.3) is 0 Å². The topological polar surface area (TPSA) is 20.2 Å². The van der Waals surface area contributed by atoms with Crippen LogP contribution in [0.15, 0.2) is 52.3 Å². The lowest BCUT2D eigenvalue weighted by atomic mass is 10.1. The van der Waals surface area contributed by atoms with Crippen LogP contribution >= 0.6 is 23.4 Å². The Kier molecular flexibility index (Phi) is 4.27. The molecule has 0 fully saturated rings. The highest BCUT2D eigenvalue weighted by Gasteiger charge is 2.15. The molecular weight excluding hydrogens is 271 g/mol. The Hall–Kier alpha value is -1.03. The average molecular weight is 283 g/mol. The molecule has 0 heterocycles. The van der Waals surface area contributed by atoms with Crippen molar-refractivity contribution in [1.82, 2.24) is 0 Å². The first-order valence-corrected chi connectivity index (χ1v) is 6.68. The zero-order valence-electron chi connectivity index (χ0n) is 9.73. The van der Waals surface area contributed by atoms with Gasteiger partial charge < -0.3 is 5.11 Å². The van der Waals surface area contributed by atoms with Gasteiger partial charge in [0.1, 0.15) is 5.82 Å². The third kappa shape index (κ3) is 2.86. The highest BCUT2D eigenvalue weighted by atomic mass is 35.5. The molecule has 0 saturated heterocycles. The standard InChI is InChI=1S/C14H12ClFOS/c1-9(17)14-11(16)6-4-8-13(14)18-12-7-3-2-5-10(12)15/h2-9,17H,1H3/t9-/m1/s1. The summed E-state index contributed by atoms with van der Waals surface area (Å²) in [5.41, 5.74) is 0.308. The molecule has 94 valence electrons. The maximum absolute atomic E-state index is 13.7. The summed E-state index contributed by atoms with van der Waals surface area (Å²) < 4.78 is 13.7. The molecule has 18 heavy (non-hydrogen) atoms. The number of halogens is 2. The summed E-state index contributed by atoms with van der Waals surface area (Å²) in [6.45, 7) is 1.55. The number of rotatable bonds is 3. The van der Waals surface area contributed by atoms with Gasteiger partial charge in [0.25, 0.3) is 0 Å². The fraction of sp³-hybridized carbons (Fsp3) is 0.143. The smallest absolute Gasteiger partial charge is 0.130 e. The Labute approximate surface area is 115 Å². The van der Waals surface area contributed by atoms with Gasteiger partial charge in [-0.1, -0.05) is 41.6 Å². The summed E-state index contributed by atoms with van der Waals surface area (Å²) in [6.07, 6.45) is -0.851. The molecule has 0 spiro atoms. The monoisotopic (exact) mass is 282 g/mol. The molecule has 0 aliphatic heterocycles. The van der Waals surface area contributed by atoms with Crippen molar-refractivity contribution >= 4 is 23.4 Å². The van der Waals surface area contributed by atoms with E-state index in [0.717, 1.165) is 4.90 Å². The largest absolute Gasteiger partial charge is 0.389 e. The van der Waals surface area contributed by atoms with Crippen LogP contribution in [0.4, 0.5) is 4.39 Å². The van der Waals surface area contributed by atoms with Crippen molar-refractivity contribution in [2.75, 3.05) is 0 Å². The summed E-state index contributed by atoms with van der Waals surface area (Å²) in [5, 5.41) is 10.3. The average Bonchev–Trinajstić information content (AvgIpc) is 2.31. The normalized spacial score (nSPS) is 12.4. The van der Waals surface area contributed by atoms with Crippen LogP contribution in [-0.4, -0.2) is 5.11 Å². The van der Waals surface area contributed by atoms with Crippen molar-refractivity contribution in [3.8, 4) is 0 Å². The zero-order valence-corrected chi connectivity index (χ0v) is 11.3. The summed E-state index contributed by atoms with van der Waals surface area (Å²) in [5.74, 6) is -0.401. The fourth-order valence-corrected chi connectivity index (χ4v) is 2.98. The highest BCUT2D eigenvalue weighted by molar-refractivity contribution is 7.99. The SMILES string of the molecule is C[C@@H](O)c1c(F)cccc1Sc1ccccc1Cl. The predicted molar refractivity (Wildman–Crippen MR) is 72.6 cm³/mol. The van der Waals surface area contributed by atoms with Crippen molar-refractivity contribution in [1.29, 1.82) is 0 Å². The van der Waals surface area contributed by atoms with Crippen molar-refractivity contribution in [2.24, 2.45) is 0 Å². The van der Waals surface area contributed by atoms with E-state index in [4.69, 9.17) is 11.6 Å². The number of aliphatic hydroxyl groups excluding tert-OH is 1. The van der Waals surface area contributed by atoms with E-state index in [0.29, 0.717) is 15.5 Å². The summed E-state index contributed by atoms with van der Waals surface area (Å²) in [4.78, 5) is 1.52. The van der Waals surface area contributed by atoms with E-state index in [1.165, 1.54) is 17.8 Å². The van der Waals surface area contributed by atoms with Gasteiger partial charge in [-0.2, -0.15) is 0 Å². The molecule has 0 bridgehead atoms. The van der Waals surface area contributed by atoms with Crippen LogP contribution in [0.2, 0.25) is 5.02 Å². The Balaban J connectivity index is 2.41. The van der Waals surface area contributed by atoms with Crippen LogP contribution in [0.3, 0.4) is 0 Å². The Bertz CT molecular complexity index is 557. The first kappa shape index (κ1) is 13.4. The lowest BCUT2D eigenvalue weighted by Crippen LogP contribution is -1.98. The third-order valence-electron chi connectivity index (χ3n) is 2.49. The first-order chi connectivity index (χ1) is 8.59. The van der Waals surface area contributed by atoms with Gasteiger partial charge in [-0.25, -0.2) is 4.39 Å². The molecule has 2 rings (SSSR count). The number of hydrogen-bond acceptors (Lipinski definition) is 2. The molecule has 0 amide bonds.